The van der Waals surface area contributed by atoms with E-state index in [1.807, 2.05) is 36.1 Å². The highest BCUT2D eigenvalue weighted by Crippen LogP contribution is 2.36. The molecule has 166 valence electrons. The molecule has 0 bridgehead atoms. The second-order valence-corrected chi connectivity index (χ2v) is 9.15. The van der Waals surface area contributed by atoms with Gasteiger partial charge in [0.1, 0.15) is 6.61 Å². The number of hydrogen-bond donors (Lipinski definition) is 0. The highest BCUT2D eigenvalue weighted by Gasteiger charge is 2.37. The molecule has 2 aromatic rings. The van der Waals surface area contributed by atoms with Crippen molar-refractivity contribution >= 4 is 23.2 Å². The minimum atomic E-state index is -0.174. The number of benzene rings is 1. The van der Waals surface area contributed by atoms with E-state index in [1.54, 1.807) is 23.3 Å². The third-order valence-electron chi connectivity index (χ3n) is 5.94. The molecule has 6 nitrogen and oxygen atoms in total. The van der Waals surface area contributed by atoms with E-state index in [0.29, 0.717) is 31.2 Å². The van der Waals surface area contributed by atoms with Gasteiger partial charge in [-0.05, 0) is 54.8 Å². The molecule has 0 saturated heterocycles. The SMILES string of the molecule is CCCN(CC(=O)N1CCc2sccc2[C@@H]1COc1ccccc1OC)C(=O)C1CC1. The lowest BCUT2D eigenvalue weighted by molar-refractivity contribution is -0.143. The van der Waals surface area contributed by atoms with E-state index < -0.39 is 0 Å². The van der Waals surface area contributed by atoms with Gasteiger partial charge in [-0.2, -0.15) is 0 Å². The Labute approximate surface area is 187 Å². The Morgan fingerprint density at radius 1 is 1.19 bits per heavy atom. The molecule has 2 amide bonds. The molecule has 1 aromatic carbocycles. The molecular weight excluding hydrogens is 412 g/mol. The maximum absolute atomic E-state index is 13.4. The summed E-state index contributed by atoms with van der Waals surface area (Å²) in [5.74, 6) is 1.58. The number of rotatable bonds is 9. The molecule has 31 heavy (non-hydrogen) atoms. The van der Waals surface area contributed by atoms with Gasteiger partial charge in [-0.25, -0.2) is 0 Å². The van der Waals surface area contributed by atoms with E-state index in [1.165, 1.54) is 4.88 Å². The molecule has 0 N–H and O–H groups in total. The average Bonchev–Trinajstić information content (AvgIpc) is 3.53. The molecule has 1 aliphatic heterocycles. The zero-order valence-corrected chi connectivity index (χ0v) is 19.0. The smallest absolute Gasteiger partial charge is 0.242 e. The van der Waals surface area contributed by atoms with Crippen LogP contribution in [0.25, 0.3) is 0 Å². The van der Waals surface area contributed by atoms with Crippen LogP contribution in [0.2, 0.25) is 0 Å². The molecule has 1 aliphatic carbocycles. The van der Waals surface area contributed by atoms with Crippen molar-refractivity contribution in [1.82, 2.24) is 9.80 Å². The Bertz CT molecular complexity index is 924. The van der Waals surface area contributed by atoms with E-state index in [0.717, 1.165) is 31.2 Å². The fraction of sp³-hybridized carbons (Fsp3) is 0.500. The summed E-state index contributed by atoms with van der Waals surface area (Å²) >= 11 is 1.73. The summed E-state index contributed by atoms with van der Waals surface area (Å²) in [6.45, 7) is 3.80. The van der Waals surface area contributed by atoms with Crippen molar-refractivity contribution in [3.05, 3.63) is 46.2 Å². The highest BCUT2D eigenvalue weighted by molar-refractivity contribution is 7.10. The molecule has 1 saturated carbocycles. The van der Waals surface area contributed by atoms with Crippen LogP contribution in [0.3, 0.4) is 0 Å². The van der Waals surface area contributed by atoms with Gasteiger partial charge in [-0.15, -0.1) is 11.3 Å². The van der Waals surface area contributed by atoms with Gasteiger partial charge >= 0.3 is 0 Å². The van der Waals surface area contributed by atoms with Gasteiger partial charge in [0.05, 0.1) is 19.7 Å². The Hall–Kier alpha value is -2.54. The summed E-state index contributed by atoms with van der Waals surface area (Å²) in [6.07, 6.45) is 3.59. The Kier molecular flexibility index (Phi) is 6.80. The second-order valence-electron chi connectivity index (χ2n) is 8.15. The Balaban J connectivity index is 1.51. The summed E-state index contributed by atoms with van der Waals surface area (Å²) in [6, 6.07) is 9.46. The number of thiophene rings is 1. The van der Waals surface area contributed by atoms with Crippen LogP contribution < -0.4 is 9.47 Å². The summed E-state index contributed by atoms with van der Waals surface area (Å²) < 4.78 is 11.5. The molecule has 1 atom stereocenters. The topological polar surface area (TPSA) is 59.1 Å². The molecule has 1 aromatic heterocycles. The third-order valence-corrected chi connectivity index (χ3v) is 6.94. The van der Waals surface area contributed by atoms with Crippen LogP contribution in [0.4, 0.5) is 0 Å². The first-order valence-corrected chi connectivity index (χ1v) is 11.9. The summed E-state index contributed by atoms with van der Waals surface area (Å²) in [7, 11) is 1.62. The van der Waals surface area contributed by atoms with Crippen molar-refractivity contribution in [1.29, 1.82) is 0 Å². The number of fused-ring (bicyclic) bond motifs is 1. The summed E-state index contributed by atoms with van der Waals surface area (Å²) in [4.78, 5) is 31.0. The average molecular weight is 443 g/mol. The molecule has 4 rings (SSSR count). The minimum Gasteiger partial charge on any atom is -0.493 e. The zero-order chi connectivity index (χ0) is 21.8. The Morgan fingerprint density at radius 2 is 1.97 bits per heavy atom. The van der Waals surface area contributed by atoms with Crippen LogP contribution in [0.5, 0.6) is 11.5 Å². The quantitative estimate of drug-likeness (QED) is 0.591. The maximum atomic E-state index is 13.4. The molecule has 2 heterocycles. The van der Waals surface area contributed by atoms with Crippen LogP contribution >= 0.6 is 11.3 Å². The number of ether oxygens (including phenoxy) is 2. The van der Waals surface area contributed by atoms with E-state index in [9.17, 15) is 9.59 Å². The predicted octanol–water partition coefficient (Wildman–Crippen LogP) is 3.91. The zero-order valence-electron chi connectivity index (χ0n) is 18.2. The van der Waals surface area contributed by atoms with Crippen LogP contribution in [0, 0.1) is 5.92 Å². The van der Waals surface area contributed by atoms with Gasteiger partial charge in [0.2, 0.25) is 11.8 Å². The third kappa shape index (κ3) is 4.87. The largest absolute Gasteiger partial charge is 0.493 e. The number of para-hydroxylation sites is 2. The maximum Gasteiger partial charge on any atom is 0.242 e. The standard InChI is InChI=1S/C24H30N2O4S/c1-3-12-25(24(28)17-8-9-17)15-23(27)26-13-10-22-18(11-14-31-22)19(26)16-30-21-7-5-4-6-20(21)29-2/h4-7,11,14,17,19H,3,8-10,12-13,15-16H2,1-2H3/t19-/m0/s1. The molecular formula is C24H30N2O4S. The van der Waals surface area contributed by atoms with Gasteiger partial charge in [0.25, 0.3) is 0 Å². The van der Waals surface area contributed by atoms with E-state index >= 15 is 0 Å². The Morgan fingerprint density at radius 3 is 2.68 bits per heavy atom. The second kappa shape index (κ2) is 9.73. The van der Waals surface area contributed by atoms with Crippen molar-refractivity contribution in [2.75, 3.05) is 33.4 Å². The van der Waals surface area contributed by atoms with Crippen molar-refractivity contribution in [2.45, 2.75) is 38.6 Å². The monoisotopic (exact) mass is 442 g/mol. The molecule has 2 aliphatic rings. The number of hydrogen-bond acceptors (Lipinski definition) is 5. The minimum absolute atomic E-state index is 0.00655. The number of amides is 2. The first kappa shape index (κ1) is 21.7. The lowest BCUT2D eigenvalue weighted by Gasteiger charge is -2.37. The summed E-state index contributed by atoms with van der Waals surface area (Å²) in [5, 5.41) is 2.08. The molecule has 0 radical (unpaired) electrons. The van der Waals surface area contributed by atoms with E-state index in [-0.39, 0.29) is 30.3 Å². The fourth-order valence-corrected chi connectivity index (χ4v) is 5.09. The molecule has 0 spiro atoms. The van der Waals surface area contributed by atoms with Gasteiger partial charge in [0, 0.05) is 23.9 Å². The lowest BCUT2D eigenvalue weighted by atomic mass is 10.0. The fourth-order valence-electron chi connectivity index (χ4n) is 4.16. The molecule has 7 heteroatoms. The number of nitrogens with zero attached hydrogens (tertiary/aromatic N) is 2. The van der Waals surface area contributed by atoms with Crippen LogP contribution in [0.15, 0.2) is 35.7 Å². The molecule has 0 unspecified atom stereocenters. The van der Waals surface area contributed by atoms with Crippen molar-refractivity contribution in [3.8, 4) is 11.5 Å². The predicted molar refractivity (Wildman–Crippen MR) is 121 cm³/mol. The first-order chi connectivity index (χ1) is 15.1. The number of carbonyl (C=O) groups excluding carboxylic acids is 2. The van der Waals surface area contributed by atoms with Gasteiger partial charge in [-0.1, -0.05) is 19.1 Å². The normalized spacial score (nSPS) is 17.7. The van der Waals surface area contributed by atoms with Crippen LogP contribution in [0.1, 0.15) is 42.7 Å². The van der Waals surface area contributed by atoms with Crippen molar-refractivity contribution < 1.29 is 19.1 Å². The van der Waals surface area contributed by atoms with Gasteiger partial charge < -0.3 is 19.3 Å². The number of methoxy groups -OCH3 is 1. The lowest BCUT2D eigenvalue weighted by Crippen LogP contribution is -2.48. The molecule has 1 fully saturated rings. The van der Waals surface area contributed by atoms with E-state index in [2.05, 4.69) is 11.4 Å². The number of carbonyl (C=O) groups is 2. The van der Waals surface area contributed by atoms with Crippen LogP contribution in [-0.2, 0) is 16.0 Å². The van der Waals surface area contributed by atoms with Crippen molar-refractivity contribution in [3.63, 3.8) is 0 Å². The highest BCUT2D eigenvalue weighted by atomic mass is 32.1. The summed E-state index contributed by atoms with van der Waals surface area (Å²) in [5.41, 5.74) is 1.15. The van der Waals surface area contributed by atoms with Gasteiger partial charge in [0.15, 0.2) is 11.5 Å². The van der Waals surface area contributed by atoms with Crippen LogP contribution in [-0.4, -0.2) is 55.0 Å². The van der Waals surface area contributed by atoms with E-state index in [4.69, 9.17) is 9.47 Å². The first-order valence-electron chi connectivity index (χ1n) is 11.0. The van der Waals surface area contributed by atoms with Crippen molar-refractivity contribution in [2.24, 2.45) is 5.92 Å². The van der Waals surface area contributed by atoms with Gasteiger partial charge in [-0.3, -0.25) is 9.59 Å².